The van der Waals surface area contributed by atoms with E-state index in [2.05, 4.69) is 15.5 Å². The minimum atomic E-state index is -0.752. The van der Waals surface area contributed by atoms with Crippen molar-refractivity contribution in [1.29, 1.82) is 0 Å². The molecule has 3 saturated heterocycles. The maximum Gasteiger partial charge on any atom is 0.325 e. The van der Waals surface area contributed by atoms with E-state index in [-0.39, 0.29) is 11.9 Å². The molecule has 3 heterocycles. The molecule has 6 nitrogen and oxygen atoms in total. The number of rotatable bonds is 3. The summed E-state index contributed by atoms with van der Waals surface area (Å²) in [6.07, 6.45) is 2.56. The molecule has 6 heteroatoms. The van der Waals surface area contributed by atoms with Crippen LogP contribution >= 0.6 is 0 Å². The Labute approximate surface area is 119 Å². The second-order valence-electron chi connectivity index (χ2n) is 6.73. The molecule has 0 saturated carbocycles. The molecule has 2 N–H and O–H groups in total. The van der Waals surface area contributed by atoms with Crippen LogP contribution in [0, 0.1) is 5.92 Å². The zero-order chi connectivity index (χ0) is 14.3. The van der Waals surface area contributed by atoms with E-state index in [1.165, 1.54) is 17.7 Å². The summed E-state index contributed by atoms with van der Waals surface area (Å²) >= 11 is 0. The minimum absolute atomic E-state index is 0.114. The molecule has 3 amide bonds. The van der Waals surface area contributed by atoms with Gasteiger partial charge in [0.2, 0.25) is 0 Å². The van der Waals surface area contributed by atoms with E-state index in [1.54, 1.807) is 13.8 Å². The molecule has 112 valence electrons. The topological polar surface area (TPSA) is 64.7 Å². The lowest BCUT2D eigenvalue weighted by atomic mass is 9.94. The van der Waals surface area contributed by atoms with Gasteiger partial charge in [0.25, 0.3) is 5.91 Å². The molecule has 2 atom stereocenters. The van der Waals surface area contributed by atoms with Gasteiger partial charge in [0.1, 0.15) is 5.54 Å². The summed E-state index contributed by atoms with van der Waals surface area (Å²) in [6.45, 7) is 8.03. The first-order valence-electron chi connectivity index (χ1n) is 7.57. The lowest BCUT2D eigenvalue weighted by Crippen LogP contribution is -2.42. The van der Waals surface area contributed by atoms with Gasteiger partial charge in [0, 0.05) is 32.2 Å². The molecule has 0 aromatic heterocycles. The van der Waals surface area contributed by atoms with Gasteiger partial charge in [-0.05, 0) is 39.2 Å². The molecule has 20 heavy (non-hydrogen) atoms. The lowest BCUT2D eigenvalue weighted by Gasteiger charge is -2.24. The number of carbonyl (C=O) groups is 2. The molecule has 3 rings (SSSR count). The quantitative estimate of drug-likeness (QED) is 0.714. The fraction of sp³-hybridized carbons (Fsp3) is 0.857. The third-order valence-corrected chi connectivity index (χ3v) is 4.76. The molecule has 3 aliphatic heterocycles. The number of amides is 3. The van der Waals surface area contributed by atoms with Crippen molar-refractivity contribution >= 4 is 11.9 Å². The summed E-state index contributed by atoms with van der Waals surface area (Å²) in [6, 6.07) is 0.345. The van der Waals surface area contributed by atoms with E-state index >= 15 is 0 Å². The Hall–Kier alpha value is -1.14. The van der Waals surface area contributed by atoms with Gasteiger partial charge in [-0.25, -0.2) is 4.79 Å². The predicted molar refractivity (Wildman–Crippen MR) is 75.3 cm³/mol. The van der Waals surface area contributed by atoms with E-state index < -0.39 is 5.54 Å². The van der Waals surface area contributed by atoms with Gasteiger partial charge in [-0.15, -0.1) is 0 Å². The second kappa shape index (κ2) is 5.00. The normalized spacial score (nSPS) is 33.4. The Morgan fingerprint density at radius 2 is 2.05 bits per heavy atom. The van der Waals surface area contributed by atoms with Crippen molar-refractivity contribution in [2.45, 2.75) is 38.3 Å². The van der Waals surface area contributed by atoms with Crippen LogP contribution in [-0.2, 0) is 4.79 Å². The molecule has 0 radical (unpaired) electrons. The highest BCUT2D eigenvalue weighted by Crippen LogP contribution is 2.25. The van der Waals surface area contributed by atoms with Crippen LogP contribution in [0.25, 0.3) is 0 Å². The summed E-state index contributed by atoms with van der Waals surface area (Å²) in [5, 5.41) is 6.29. The van der Waals surface area contributed by atoms with E-state index in [0.29, 0.717) is 12.6 Å². The van der Waals surface area contributed by atoms with Crippen molar-refractivity contribution in [3.8, 4) is 0 Å². The number of likely N-dealkylation sites (tertiary alicyclic amines) is 1. The molecular formula is C14H24N4O2. The van der Waals surface area contributed by atoms with Crippen LogP contribution < -0.4 is 10.6 Å². The Morgan fingerprint density at radius 1 is 1.25 bits per heavy atom. The average molecular weight is 280 g/mol. The Balaban J connectivity index is 1.53. The Kier molecular flexibility index (Phi) is 3.46. The first kappa shape index (κ1) is 13.8. The molecule has 3 fully saturated rings. The number of hydrogen-bond acceptors (Lipinski definition) is 4. The van der Waals surface area contributed by atoms with Crippen molar-refractivity contribution < 1.29 is 9.59 Å². The molecule has 0 aromatic rings. The van der Waals surface area contributed by atoms with Crippen molar-refractivity contribution in [2.24, 2.45) is 5.92 Å². The molecule has 0 bridgehead atoms. The van der Waals surface area contributed by atoms with Crippen LogP contribution in [0.2, 0.25) is 0 Å². The van der Waals surface area contributed by atoms with Crippen molar-refractivity contribution in [2.75, 3.05) is 32.7 Å². The van der Waals surface area contributed by atoms with Gasteiger partial charge in [-0.2, -0.15) is 0 Å². The highest BCUT2D eigenvalue weighted by molar-refractivity contribution is 6.06. The fourth-order valence-corrected chi connectivity index (χ4v) is 3.58. The SMILES string of the molecule is CC1(C)NC(=O)N(CCN2CC3CCCNC3C2)C1=O. The number of piperidine rings is 1. The number of hydrogen-bond donors (Lipinski definition) is 2. The van der Waals surface area contributed by atoms with Crippen LogP contribution in [0.4, 0.5) is 4.79 Å². The second-order valence-corrected chi connectivity index (χ2v) is 6.73. The molecule has 0 aromatic carbocycles. The zero-order valence-corrected chi connectivity index (χ0v) is 12.3. The van der Waals surface area contributed by atoms with Gasteiger partial charge >= 0.3 is 6.03 Å². The monoisotopic (exact) mass is 280 g/mol. The smallest absolute Gasteiger partial charge is 0.324 e. The zero-order valence-electron chi connectivity index (χ0n) is 12.3. The van der Waals surface area contributed by atoms with E-state index in [0.717, 1.165) is 32.1 Å². The maximum absolute atomic E-state index is 12.1. The fourth-order valence-electron chi connectivity index (χ4n) is 3.58. The number of imide groups is 1. The van der Waals surface area contributed by atoms with E-state index in [9.17, 15) is 9.59 Å². The highest BCUT2D eigenvalue weighted by Gasteiger charge is 2.44. The standard InChI is InChI=1S/C14H24N4O2/c1-14(2)12(19)18(13(20)16-14)7-6-17-8-10-4-3-5-15-11(10)9-17/h10-11,15H,3-9H2,1-2H3,(H,16,20). The van der Waals surface area contributed by atoms with Gasteiger partial charge in [0.15, 0.2) is 0 Å². The van der Waals surface area contributed by atoms with Crippen LogP contribution in [0.5, 0.6) is 0 Å². The predicted octanol–water partition coefficient (Wildman–Crippen LogP) is 0.000600. The molecule has 2 unspecified atom stereocenters. The van der Waals surface area contributed by atoms with Gasteiger partial charge in [0.05, 0.1) is 0 Å². The molecule has 3 aliphatic rings. The average Bonchev–Trinajstić information content (AvgIpc) is 2.87. The maximum atomic E-state index is 12.1. The number of nitrogens with zero attached hydrogens (tertiary/aromatic N) is 2. The lowest BCUT2D eigenvalue weighted by molar-refractivity contribution is -0.130. The minimum Gasteiger partial charge on any atom is -0.324 e. The summed E-state index contributed by atoms with van der Waals surface area (Å²) in [5.41, 5.74) is -0.752. The largest absolute Gasteiger partial charge is 0.325 e. The summed E-state index contributed by atoms with van der Waals surface area (Å²) in [4.78, 5) is 27.7. The first-order chi connectivity index (χ1) is 9.47. The van der Waals surface area contributed by atoms with E-state index in [4.69, 9.17) is 0 Å². The van der Waals surface area contributed by atoms with Crippen LogP contribution in [0.15, 0.2) is 0 Å². The highest BCUT2D eigenvalue weighted by atomic mass is 16.2. The Morgan fingerprint density at radius 3 is 2.70 bits per heavy atom. The Bertz CT molecular complexity index is 409. The number of urea groups is 1. The third kappa shape index (κ3) is 2.42. The molecular weight excluding hydrogens is 256 g/mol. The van der Waals surface area contributed by atoms with Crippen molar-refractivity contribution in [1.82, 2.24) is 20.4 Å². The number of nitrogens with one attached hydrogen (secondary N) is 2. The van der Waals surface area contributed by atoms with Gasteiger partial charge in [-0.1, -0.05) is 0 Å². The van der Waals surface area contributed by atoms with Gasteiger partial charge in [-0.3, -0.25) is 14.6 Å². The van der Waals surface area contributed by atoms with Gasteiger partial charge < -0.3 is 10.6 Å². The van der Waals surface area contributed by atoms with Crippen LogP contribution in [0.1, 0.15) is 26.7 Å². The molecule has 0 aliphatic carbocycles. The number of fused-ring (bicyclic) bond motifs is 1. The third-order valence-electron chi connectivity index (χ3n) is 4.76. The van der Waals surface area contributed by atoms with Crippen molar-refractivity contribution in [3.63, 3.8) is 0 Å². The summed E-state index contributed by atoms with van der Waals surface area (Å²) < 4.78 is 0. The summed E-state index contributed by atoms with van der Waals surface area (Å²) in [7, 11) is 0. The first-order valence-corrected chi connectivity index (χ1v) is 7.57. The summed E-state index contributed by atoms with van der Waals surface area (Å²) in [5.74, 6) is 0.625. The van der Waals surface area contributed by atoms with E-state index in [1.807, 2.05) is 0 Å². The number of carbonyl (C=O) groups excluding carboxylic acids is 2. The van der Waals surface area contributed by atoms with Crippen LogP contribution in [-0.4, -0.2) is 66.0 Å². The van der Waals surface area contributed by atoms with Crippen LogP contribution in [0.3, 0.4) is 0 Å². The van der Waals surface area contributed by atoms with Crippen molar-refractivity contribution in [3.05, 3.63) is 0 Å². The molecule has 0 spiro atoms.